The fourth-order valence-electron chi connectivity index (χ4n) is 13.8. The predicted molar refractivity (Wildman–Crippen MR) is 189 cm³/mol. The van der Waals surface area contributed by atoms with Gasteiger partial charge in [0.05, 0.1) is 5.92 Å². The van der Waals surface area contributed by atoms with Crippen LogP contribution in [0, 0.1) is 74.9 Å². The van der Waals surface area contributed by atoms with E-state index in [9.17, 15) is 24.6 Å². The normalized spacial score (nSPS) is 43.9. The maximum atomic E-state index is 13.8. The van der Waals surface area contributed by atoms with Crippen molar-refractivity contribution in [3.63, 3.8) is 0 Å². The van der Waals surface area contributed by atoms with Crippen molar-refractivity contribution in [2.24, 2.45) is 74.9 Å². The quantitative estimate of drug-likeness (QED) is 0.138. The summed E-state index contributed by atoms with van der Waals surface area (Å²) in [5, 5.41) is 25.9. The lowest BCUT2D eigenvalue weighted by molar-refractivity contribution is -0.193. The fraction of sp³-hybridized carbons (Fsp3) is 0.878. The average Bonchev–Trinajstić information content (AvgIpc) is 3.31. The average molecular weight is 667 g/mol. The molecule has 6 rings (SSSR count). The second-order valence-electron chi connectivity index (χ2n) is 19.0. The molecule has 48 heavy (non-hydrogen) atoms. The Bertz CT molecular complexity index is 1320. The van der Waals surface area contributed by atoms with Crippen LogP contribution in [0.4, 0.5) is 0 Å². The van der Waals surface area contributed by atoms with E-state index in [0.29, 0.717) is 67.0 Å². The summed E-state index contributed by atoms with van der Waals surface area (Å²) < 4.78 is 0. The lowest BCUT2D eigenvalue weighted by Crippen LogP contribution is -2.62. The third-order valence-electron chi connectivity index (χ3n) is 16.4. The van der Waals surface area contributed by atoms with Crippen molar-refractivity contribution in [1.29, 1.82) is 0 Å². The molecule has 7 heteroatoms. The van der Waals surface area contributed by atoms with Crippen LogP contribution in [-0.4, -0.2) is 54.1 Å². The van der Waals surface area contributed by atoms with Gasteiger partial charge in [-0.25, -0.2) is 0 Å². The summed E-state index contributed by atoms with van der Waals surface area (Å²) in [7, 11) is 1.77. The lowest BCUT2D eigenvalue weighted by atomic mass is 9.35. The van der Waals surface area contributed by atoms with Crippen LogP contribution in [0.15, 0.2) is 11.1 Å². The molecule has 270 valence electrons. The Labute approximate surface area is 290 Å². The van der Waals surface area contributed by atoms with Gasteiger partial charge in [0.25, 0.3) is 0 Å². The standard InChI is InChI=1S/C41H66N2O5/c1-23(2)35-31(45)21-41(17-18-43-22-34(46)42-8)16-12-29-26(36(35)41)9-10-33-39(29,6)15-13-32-38(4,5)25(11-14-40(32,33)7)19-30(44)27-20-28(24(27)3)37(47)48/h23-29,32-34,42-43,46H,9-22H2,1-8H3,(H,47,48). The van der Waals surface area contributed by atoms with Crippen molar-refractivity contribution in [2.45, 2.75) is 132 Å². The Balaban J connectivity index is 1.21. The second-order valence-corrected chi connectivity index (χ2v) is 19.0. The number of carboxylic acids is 1. The Morgan fingerprint density at radius 3 is 2.29 bits per heavy atom. The Hall–Kier alpha value is -1.57. The Kier molecular flexibility index (Phi) is 9.72. The van der Waals surface area contributed by atoms with Crippen LogP contribution in [0.2, 0.25) is 0 Å². The number of carboxylic acid groups (broad SMARTS) is 1. The maximum absolute atomic E-state index is 13.8. The molecule has 0 aromatic heterocycles. The van der Waals surface area contributed by atoms with Crippen molar-refractivity contribution >= 4 is 17.5 Å². The number of hydrogen-bond donors (Lipinski definition) is 4. The van der Waals surface area contributed by atoms with Crippen LogP contribution >= 0.6 is 0 Å². The highest BCUT2D eigenvalue weighted by molar-refractivity contribution is 6.00. The third kappa shape index (κ3) is 5.59. The van der Waals surface area contributed by atoms with Gasteiger partial charge in [-0.3, -0.25) is 19.7 Å². The van der Waals surface area contributed by atoms with Gasteiger partial charge in [-0.2, -0.15) is 0 Å². The summed E-state index contributed by atoms with van der Waals surface area (Å²) in [6.45, 7) is 17.9. The number of carbonyl (C=O) groups excluding carboxylic acids is 2. The minimum Gasteiger partial charge on any atom is -0.481 e. The lowest BCUT2D eigenvalue weighted by Gasteiger charge is -2.69. The van der Waals surface area contributed by atoms with E-state index in [1.54, 1.807) is 12.6 Å². The van der Waals surface area contributed by atoms with Crippen molar-refractivity contribution in [2.75, 3.05) is 20.1 Å². The molecule has 0 bridgehead atoms. The SMILES string of the molecule is CNC(O)CNCCC12CCC3C(CCC4C3(C)CCC3C(C)(C)C(CC(=O)C5CC(C(=O)O)C5C)CCC34C)C1=C(C(C)C)C(=O)C2. The molecule has 0 saturated heterocycles. The molecule has 5 fully saturated rings. The van der Waals surface area contributed by atoms with E-state index in [2.05, 4.69) is 52.2 Å². The highest BCUT2D eigenvalue weighted by Gasteiger charge is 2.66. The van der Waals surface area contributed by atoms with Crippen molar-refractivity contribution in [3.05, 3.63) is 11.1 Å². The number of aliphatic hydroxyl groups is 1. The molecule has 0 aromatic carbocycles. The van der Waals surface area contributed by atoms with E-state index < -0.39 is 12.2 Å². The summed E-state index contributed by atoms with van der Waals surface area (Å²) in [6, 6.07) is 0. The molecule has 4 N–H and O–H groups in total. The minimum atomic E-state index is -0.752. The second kappa shape index (κ2) is 12.9. The molecule has 0 amide bonds. The van der Waals surface area contributed by atoms with Gasteiger partial charge in [-0.15, -0.1) is 0 Å². The topological polar surface area (TPSA) is 116 Å². The van der Waals surface area contributed by atoms with Gasteiger partial charge in [-0.05, 0) is 141 Å². The van der Waals surface area contributed by atoms with E-state index in [1.165, 1.54) is 38.5 Å². The van der Waals surface area contributed by atoms with Gasteiger partial charge in [0.15, 0.2) is 5.78 Å². The first-order chi connectivity index (χ1) is 22.5. The molecule has 7 nitrogen and oxygen atoms in total. The summed E-state index contributed by atoms with van der Waals surface area (Å²) in [5.41, 5.74) is 3.23. The van der Waals surface area contributed by atoms with Crippen molar-refractivity contribution < 1.29 is 24.6 Å². The van der Waals surface area contributed by atoms with Crippen molar-refractivity contribution in [1.82, 2.24) is 10.6 Å². The van der Waals surface area contributed by atoms with E-state index in [1.807, 2.05) is 6.92 Å². The summed E-state index contributed by atoms with van der Waals surface area (Å²) in [4.78, 5) is 38.9. The molecule has 6 aliphatic rings. The van der Waals surface area contributed by atoms with Crippen LogP contribution in [-0.2, 0) is 14.4 Å². The molecule has 5 saturated carbocycles. The molecule has 12 unspecified atom stereocenters. The molecular formula is C41H66N2O5. The number of nitrogens with one attached hydrogen (secondary N) is 2. The van der Waals surface area contributed by atoms with Crippen LogP contribution < -0.4 is 10.6 Å². The first-order valence-electron chi connectivity index (χ1n) is 19.6. The molecular weight excluding hydrogens is 600 g/mol. The van der Waals surface area contributed by atoms with E-state index >= 15 is 0 Å². The molecule has 0 aromatic rings. The van der Waals surface area contributed by atoms with Gasteiger partial charge in [0, 0.05) is 30.7 Å². The number of Topliss-reactive ketones (excluding diaryl/α,β-unsaturated/α-hetero) is 2. The Morgan fingerprint density at radius 2 is 1.65 bits per heavy atom. The van der Waals surface area contributed by atoms with Gasteiger partial charge >= 0.3 is 5.97 Å². The fourth-order valence-corrected chi connectivity index (χ4v) is 13.8. The number of ketones is 2. The zero-order chi connectivity index (χ0) is 35.0. The molecule has 12 atom stereocenters. The summed E-state index contributed by atoms with van der Waals surface area (Å²) >= 11 is 0. The predicted octanol–water partition coefficient (Wildman–Crippen LogP) is 7.03. The number of allylic oxidation sites excluding steroid dienone is 2. The number of rotatable bonds is 11. The van der Waals surface area contributed by atoms with Crippen LogP contribution in [0.5, 0.6) is 0 Å². The smallest absolute Gasteiger partial charge is 0.306 e. The molecule has 6 aliphatic carbocycles. The zero-order valence-electron chi connectivity index (χ0n) is 31.3. The van der Waals surface area contributed by atoms with E-state index in [-0.39, 0.29) is 45.3 Å². The van der Waals surface area contributed by atoms with Crippen LogP contribution in [0.25, 0.3) is 0 Å². The Morgan fingerprint density at radius 1 is 0.938 bits per heavy atom. The maximum Gasteiger partial charge on any atom is 0.306 e. The van der Waals surface area contributed by atoms with Gasteiger partial charge < -0.3 is 15.5 Å². The number of aliphatic carboxylic acids is 1. The minimum absolute atomic E-state index is 0.0330. The third-order valence-corrected chi connectivity index (χ3v) is 16.4. The van der Waals surface area contributed by atoms with E-state index in [4.69, 9.17) is 0 Å². The largest absolute Gasteiger partial charge is 0.481 e. The number of likely N-dealkylation sites (N-methyl/N-ethyl adjacent to an activating group) is 1. The van der Waals surface area contributed by atoms with Gasteiger partial charge in [-0.1, -0.05) is 54.0 Å². The number of carbonyl (C=O) groups is 3. The monoisotopic (exact) mass is 666 g/mol. The number of hydrogen-bond acceptors (Lipinski definition) is 6. The molecule has 0 aliphatic heterocycles. The number of aliphatic hydroxyl groups excluding tert-OH is 1. The molecule has 0 heterocycles. The van der Waals surface area contributed by atoms with Gasteiger partial charge in [0.1, 0.15) is 12.0 Å². The summed E-state index contributed by atoms with van der Waals surface area (Å²) in [6.07, 6.45) is 11.6. The van der Waals surface area contributed by atoms with E-state index in [0.717, 1.165) is 31.4 Å². The molecule has 0 spiro atoms. The first kappa shape index (κ1) is 36.2. The summed E-state index contributed by atoms with van der Waals surface area (Å²) in [5.74, 6) is 2.42. The van der Waals surface area contributed by atoms with Crippen LogP contribution in [0.1, 0.15) is 126 Å². The van der Waals surface area contributed by atoms with Crippen molar-refractivity contribution in [3.8, 4) is 0 Å². The molecule has 0 radical (unpaired) electrons. The number of fused-ring (bicyclic) bond motifs is 7. The highest BCUT2D eigenvalue weighted by atomic mass is 16.4. The first-order valence-corrected chi connectivity index (χ1v) is 19.6. The zero-order valence-corrected chi connectivity index (χ0v) is 31.3. The van der Waals surface area contributed by atoms with Crippen LogP contribution in [0.3, 0.4) is 0 Å². The van der Waals surface area contributed by atoms with Gasteiger partial charge in [0.2, 0.25) is 0 Å². The highest BCUT2D eigenvalue weighted by Crippen LogP contribution is 2.73.